The Morgan fingerprint density at radius 1 is 1.37 bits per heavy atom. The van der Waals surface area contributed by atoms with Crippen molar-refractivity contribution in [3.05, 3.63) is 34.0 Å². The van der Waals surface area contributed by atoms with E-state index in [4.69, 9.17) is 21.0 Å². The van der Waals surface area contributed by atoms with E-state index in [9.17, 15) is 4.79 Å². The van der Waals surface area contributed by atoms with Crippen LogP contribution in [0.15, 0.2) is 33.4 Å². The molecular weight excluding hydrogens is 348 g/mol. The summed E-state index contributed by atoms with van der Waals surface area (Å²) in [7, 11) is 0. The highest BCUT2D eigenvalue weighted by Gasteiger charge is 2.24. The molecule has 0 spiro atoms. The van der Waals surface area contributed by atoms with Gasteiger partial charge >= 0.3 is 0 Å². The molecule has 1 aliphatic heterocycles. The van der Waals surface area contributed by atoms with Gasteiger partial charge in [-0.25, -0.2) is 9.67 Å². The van der Waals surface area contributed by atoms with E-state index in [0.717, 1.165) is 32.4 Å². The van der Waals surface area contributed by atoms with E-state index in [1.165, 1.54) is 12.2 Å². The van der Waals surface area contributed by atoms with Crippen molar-refractivity contribution in [3.8, 4) is 0 Å². The van der Waals surface area contributed by atoms with Gasteiger partial charge in [0.05, 0.1) is 23.7 Å². The van der Waals surface area contributed by atoms with E-state index in [1.54, 1.807) is 4.68 Å². The van der Waals surface area contributed by atoms with Gasteiger partial charge < -0.3 is 20.9 Å². The van der Waals surface area contributed by atoms with Gasteiger partial charge in [0.15, 0.2) is 11.5 Å². The van der Waals surface area contributed by atoms with Crippen molar-refractivity contribution in [2.45, 2.75) is 39.3 Å². The van der Waals surface area contributed by atoms with E-state index < -0.39 is 0 Å². The Labute approximate surface area is 157 Å². The maximum absolute atomic E-state index is 12.8. The van der Waals surface area contributed by atoms with Crippen molar-refractivity contribution < 1.29 is 9.84 Å². The Hall–Kier alpha value is -2.81. The highest BCUT2D eigenvalue weighted by molar-refractivity contribution is 6.22. The van der Waals surface area contributed by atoms with Crippen molar-refractivity contribution in [1.29, 1.82) is 5.41 Å². The lowest BCUT2D eigenvalue weighted by atomic mass is 10.1. The molecule has 9 nitrogen and oxygen atoms in total. The molecular formula is C18H26N6O3. The van der Waals surface area contributed by atoms with Crippen molar-refractivity contribution in [2.75, 3.05) is 25.1 Å². The molecule has 0 fully saturated rings. The number of rotatable bonds is 8. The van der Waals surface area contributed by atoms with Crippen molar-refractivity contribution in [2.24, 2.45) is 10.7 Å². The number of aliphatic hydroxyl groups excluding tert-OH is 1. The quantitative estimate of drug-likeness (QED) is 0.400. The molecule has 146 valence electrons. The highest BCUT2D eigenvalue weighted by Crippen LogP contribution is 2.27. The van der Waals surface area contributed by atoms with Crippen LogP contribution < -0.4 is 16.6 Å². The highest BCUT2D eigenvalue weighted by atomic mass is 16.5. The first-order valence-electron chi connectivity index (χ1n) is 9.24. The number of aromatic nitrogens is 2. The molecule has 0 saturated heterocycles. The molecule has 0 amide bonds. The fourth-order valence-electron chi connectivity index (χ4n) is 3.14. The van der Waals surface area contributed by atoms with E-state index in [0.29, 0.717) is 29.5 Å². The number of ether oxygens (including phenoxy) is 1. The third-order valence-electron chi connectivity index (χ3n) is 4.48. The first kappa shape index (κ1) is 19.0. The van der Waals surface area contributed by atoms with E-state index in [1.807, 2.05) is 4.68 Å². The summed E-state index contributed by atoms with van der Waals surface area (Å²) in [6, 6.07) is 0. The Kier molecular flexibility index (Phi) is 5.80. The Morgan fingerprint density at radius 2 is 2.15 bits per heavy atom. The van der Waals surface area contributed by atoms with Gasteiger partial charge in [-0.05, 0) is 18.9 Å². The molecule has 3 rings (SSSR count). The Balaban J connectivity index is 2.00. The molecule has 2 aliphatic rings. The molecule has 2 heterocycles. The molecule has 0 bridgehead atoms. The number of fused-ring (bicyclic) bond motifs is 1. The predicted octanol–water partition coefficient (Wildman–Crippen LogP) is 1.11. The smallest absolute Gasteiger partial charge is 0.294 e. The van der Waals surface area contributed by atoms with Crippen molar-refractivity contribution >= 4 is 22.9 Å². The Morgan fingerprint density at radius 3 is 2.89 bits per heavy atom. The molecule has 0 radical (unpaired) electrons. The number of hydrogen-bond donors (Lipinski definition) is 4. The van der Waals surface area contributed by atoms with Gasteiger partial charge in [-0.1, -0.05) is 13.3 Å². The largest absolute Gasteiger partial charge is 0.489 e. The lowest BCUT2D eigenvalue weighted by Gasteiger charge is -2.15. The predicted molar refractivity (Wildman–Crippen MR) is 105 cm³/mol. The van der Waals surface area contributed by atoms with Gasteiger partial charge in [0.25, 0.3) is 5.56 Å². The molecule has 27 heavy (non-hydrogen) atoms. The second-order valence-corrected chi connectivity index (χ2v) is 6.47. The second kappa shape index (κ2) is 8.26. The van der Waals surface area contributed by atoms with Crippen LogP contribution in [0.5, 0.6) is 0 Å². The maximum atomic E-state index is 12.8. The maximum Gasteiger partial charge on any atom is 0.294 e. The van der Waals surface area contributed by atoms with Gasteiger partial charge in [0, 0.05) is 25.7 Å². The average Bonchev–Trinajstić information content (AvgIpc) is 3.21. The summed E-state index contributed by atoms with van der Waals surface area (Å²) in [5.74, 6) is 0.975. The van der Waals surface area contributed by atoms with Crippen molar-refractivity contribution in [3.63, 3.8) is 0 Å². The number of nitrogens with one attached hydrogen (secondary N) is 2. The van der Waals surface area contributed by atoms with Crippen LogP contribution in [0, 0.1) is 5.41 Å². The SMILES string of the molecule is CCCCNc1c(/N=C2\C=C(OCCO)C(=N)C=C2N)c(=O)n2n1CCC2. The molecule has 0 aromatic carbocycles. The zero-order chi connectivity index (χ0) is 19.4. The fourth-order valence-corrected chi connectivity index (χ4v) is 3.14. The normalized spacial score (nSPS) is 17.7. The minimum atomic E-state index is -0.157. The van der Waals surface area contributed by atoms with Crippen LogP contribution in [-0.4, -0.2) is 45.7 Å². The van der Waals surface area contributed by atoms with Gasteiger partial charge in [0.2, 0.25) is 0 Å². The zero-order valence-corrected chi connectivity index (χ0v) is 15.5. The third-order valence-corrected chi connectivity index (χ3v) is 4.48. The monoisotopic (exact) mass is 374 g/mol. The van der Waals surface area contributed by atoms with Gasteiger partial charge in [-0.3, -0.25) is 14.9 Å². The molecule has 5 N–H and O–H groups in total. The first-order valence-corrected chi connectivity index (χ1v) is 9.24. The summed E-state index contributed by atoms with van der Waals surface area (Å²) in [4.78, 5) is 17.3. The molecule has 0 atom stereocenters. The van der Waals surface area contributed by atoms with Crippen LogP contribution in [0.3, 0.4) is 0 Å². The van der Waals surface area contributed by atoms with E-state index in [2.05, 4.69) is 17.2 Å². The average molecular weight is 374 g/mol. The van der Waals surface area contributed by atoms with Crippen molar-refractivity contribution in [1.82, 2.24) is 9.36 Å². The number of nitrogens with two attached hydrogens (primary N) is 1. The molecule has 9 heteroatoms. The van der Waals surface area contributed by atoms with Crippen LogP contribution in [-0.2, 0) is 17.8 Å². The number of anilines is 1. The zero-order valence-electron chi connectivity index (χ0n) is 15.5. The summed E-state index contributed by atoms with van der Waals surface area (Å²) in [5, 5.41) is 20.2. The molecule has 1 aliphatic carbocycles. The molecule has 0 unspecified atom stereocenters. The summed E-state index contributed by atoms with van der Waals surface area (Å²) in [6.45, 7) is 4.22. The van der Waals surface area contributed by atoms with Crippen LogP contribution in [0.25, 0.3) is 0 Å². The molecule has 1 aromatic rings. The van der Waals surface area contributed by atoms with Gasteiger partial charge in [0.1, 0.15) is 12.4 Å². The number of aliphatic imine (C=N–C) groups is 1. The lowest BCUT2D eigenvalue weighted by Crippen LogP contribution is -2.21. The summed E-state index contributed by atoms with van der Waals surface area (Å²) in [6.07, 6.45) is 5.95. The lowest BCUT2D eigenvalue weighted by molar-refractivity contribution is 0.156. The number of aliphatic hydroxyl groups is 1. The minimum Gasteiger partial charge on any atom is -0.489 e. The Bertz CT molecular complexity index is 874. The van der Waals surface area contributed by atoms with Crippen LogP contribution in [0.1, 0.15) is 26.2 Å². The van der Waals surface area contributed by atoms with E-state index >= 15 is 0 Å². The van der Waals surface area contributed by atoms with Crippen LogP contribution in [0.2, 0.25) is 0 Å². The van der Waals surface area contributed by atoms with Gasteiger partial charge in [-0.15, -0.1) is 0 Å². The fraction of sp³-hybridized carbons (Fsp3) is 0.500. The van der Waals surface area contributed by atoms with E-state index in [-0.39, 0.29) is 30.2 Å². The number of allylic oxidation sites excluding steroid dienone is 2. The summed E-state index contributed by atoms with van der Waals surface area (Å²) in [5.41, 5.74) is 6.97. The second-order valence-electron chi connectivity index (χ2n) is 6.47. The first-order chi connectivity index (χ1) is 13.1. The summed E-state index contributed by atoms with van der Waals surface area (Å²) >= 11 is 0. The minimum absolute atomic E-state index is 0.0717. The van der Waals surface area contributed by atoms with Crippen LogP contribution >= 0.6 is 0 Å². The number of unbranched alkanes of at least 4 members (excludes halogenated alkanes) is 1. The standard InChI is InChI=1S/C18H26N6O3/c1-2-3-5-21-17-16(18(26)24-7-4-6-23(17)24)22-14-11-15(27-9-8-25)13(20)10-12(14)19/h10-11,20-21,25H,2-9,19H2,1H3/b20-13?,22-14+. The number of nitrogens with zero attached hydrogens (tertiary/aromatic N) is 3. The third kappa shape index (κ3) is 3.82. The topological polar surface area (TPSA) is 131 Å². The summed E-state index contributed by atoms with van der Waals surface area (Å²) < 4.78 is 9.00. The number of hydrogen-bond acceptors (Lipinski definition) is 7. The van der Waals surface area contributed by atoms with Gasteiger partial charge in [-0.2, -0.15) is 0 Å². The molecule has 0 saturated carbocycles. The van der Waals surface area contributed by atoms with Crippen LogP contribution in [0.4, 0.5) is 11.5 Å². The molecule has 1 aromatic heterocycles.